The van der Waals surface area contributed by atoms with Gasteiger partial charge in [-0.1, -0.05) is 49.4 Å². The van der Waals surface area contributed by atoms with Gasteiger partial charge in [0.2, 0.25) is 0 Å². The van der Waals surface area contributed by atoms with E-state index >= 15 is 0 Å². The number of aliphatic hydroxyl groups is 1. The Balaban J connectivity index is 2.29. The smallest absolute Gasteiger partial charge is 0.255 e. The molecule has 0 aromatic heterocycles. The standard InChI is InChI=1S/C18H21NO3S/c1-2-23(22)17-11-7-6-10-16(17)18(21)19(12-13-20)14-15-8-4-3-5-9-15/h3-11,20H,2,12-14H2,1H3. The zero-order valence-electron chi connectivity index (χ0n) is 13.1. The lowest BCUT2D eigenvalue weighted by molar-refractivity contribution is 0.0704. The van der Waals surface area contributed by atoms with Crippen LogP contribution in [0.25, 0.3) is 0 Å². The Morgan fingerprint density at radius 2 is 1.74 bits per heavy atom. The highest BCUT2D eigenvalue weighted by molar-refractivity contribution is 7.85. The molecule has 4 nitrogen and oxygen atoms in total. The molecule has 0 heterocycles. The van der Waals surface area contributed by atoms with Gasteiger partial charge >= 0.3 is 0 Å². The molecular weight excluding hydrogens is 310 g/mol. The monoisotopic (exact) mass is 331 g/mol. The van der Waals surface area contributed by atoms with Gasteiger partial charge in [-0.05, 0) is 17.7 Å². The highest BCUT2D eigenvalue weighted by Gasteiger charge is 2.20. The summed E-state index contributed by atoms with van der Waals surface area (Å²) in [7, 11) is -1.20. The molecule has 2 aromatic carbocycles. The first kappa shape index (κ1) is 17.4. The zero-order valence-corrected chi connectivity index (χ0v) is 14.0. The molecule has 122 valence electrons. The summed E-state index contributed by atoms with van der Waals surface area (Å²) >= 11 is 0. The predicted octanol–water partition coefficient (Wildman–Crippen LogP) is 2.45. The van der Waals surface area contributed by atoms with Gasteiger partial charge in [-0.3, -0.25) is 9.00 Å². The van der Waals surface area contributed by atoms with Crippen molar-refractivity contribution < 1.29 is 14.1 Å². The summed E-state index contributed by atoms with van der Waals surface area (Å²) in [6.45, 7) is 2.36. The Kier molecular flexibility index (Phi) is 6.50. The van der Waals surface area contributed by atoms with Crippen molar-refractivity contribution in [3.05, 3.63) is 65.7 Å². The van der Waals surface area contributed by atoms with Crippen LogP contribution in [0.4, 0.5) is 0 Å². The molecule has 0 spiro atoms. The second kappa shape index (κ2) is 8.60. The first-order chi connectivity index (χ1) is 11.2. The molecule has 0 aliphatic carbocycles. The normalized spacial score (nSPS) is 11.9. The predicted molar refractivity (Wildman–Crippen MR) is 91.7 cm³/mol. The minimum absolute atomic E-state index is 0.113. The van der Waals surface area contributed by atoms with Gasteiger partial charge in [0.15, 0.2) is 0 Å². The minimum Gasteiger partial charge on any atom is -0.395 e. The van der Waals surface area contributed by atoms with E-state index in [9.17, 15) is 14.1 Å². The number of amides is 1. The number of aliphatic hydroxyl groups excluding tert-OH is 1. The lowest BCUT2D eigenvalue weighted by Gasteiger charge is -2.23. The first-order valence-corrected chi connectivity index (χ1v) is 8.90. The van der Waals surface area contributed by atoms with Crippen molar-refractivity contribution in [3.8, 4) is 0 Å². The van der Waals surface area contributed by atoms with Crippen molar-refractivity contribution in [2.24, 2.45) is 0 Å². The summed E-state index contributed by atoms with van der Waals surface area (Å²) in [6, 6.07) is 16.6. The van der Waals surface area contributed by atoms with Crippen molar-refractivity contribution in [1.29, 1.82) is 0 Å². The number of benzene rings is 2. The molecule has 2 aromatic rings. The summed E-state index contributed by atoms with van der Waals surface area (Å²) in [4.78, 5) is 15.0. The summed E-state index contributed by atoms with van der Waals surface area (Å²) < 4.78 is 12.2. The Hall–Kier alpha value is -1.98. The molecule has 0 bridgehead atoms. The quantitative estimate of drug-likeness (QED) is 0.848. The number of hydrogen-bond acceptors (Lipinski definition) is 3. The molecule has 0 radical (unpaired) electrons. The van der Waals surface area contributed by atoms with Crippen LogP contribution in [0.2, 0.25) is 0 Å². The summed E-state index contributed by atoms with van der Waals surface area (Å²) in [6.07, 6.45) is 0. The summed E-state index contributed by atoms with van der Waals surface area (Å²) in [5.41, 5.74) is 1.43. The summed E-state index contributed by atoms with van der Waals surface area (Å²) in [5.74, 6) is 0.253. The van der Waals surface area contributed by atoms with Crippen LogP contribution in [0.3, 0.4) is 0 Å². The Bertz CT molecular complexity index is 673. The topological polar surface area (TPSA) is 57.6 Å². The van der Waals surface area contributed by atoms with Gasteiger partial charge in [-0.2, -0.15) is 0 Å². The van der Waals surface area contributed by atoms with Gasteiger partial charge < -0.3 is 10.0 Å². The second-order valence-electron chi connectivity index (χ2n) is 5.07. The van der Waals surface area contributed by atoms with Gasteiger partial charge in [-0.15, -0.1) is 0 Å². The van der Waals surface area contributed by atoms with E-state index in [1.165, 1.54) is 0 Å². The average molecular weight is 331 g/mol. The van der Waals surface area contributed by atoms with Crippen molar-refractivity contribution in [3.63, 3.8) is 0 Å². The van der Waals surface area contributed by atoms with Crippen LogP contribution in [-0.4, -0.2) is 39.0 Å². The van der Waals surface area contributed by atoms with Gasteiger partial charge in [0.1, 0.15) is 0 Å². The highest BCUT2D eigenvalue weighted by Crippen LogP contribution is 2.17. The Morgan fingerprint density at radius 3 is 2.39 bits per heavy atom. The minimum atomic E-state index is -1.20. The van der Waals surface area contributed by atoms with E-state index in [1.54, 1.807) is 29.2 Å². The van der Waals surface area contributed by atoms with E-state index in [0.717, 1.165) is 5.56 Å². The average Bonchev–Trinajstić information content (AvgIpc) is 2.61. The third-order valence-corrected chi connectivity index (χ3v) is 4.87. The molecule has 0 saturated heterocycles. The van der Waals surface area contributed by atoms with Crippen molar-refractivity contribution in [2.45, 2.75) is 18.4 Å². The molecule has 0 aliphatic heterocycles. The SMILES string of the molecule is CCS(=O)c1ccccc1C(=O)N(CCO)Cc1ccccc1. The molecule has 2 rings (SSSR count). The Morgan fingerprint density at radius 1 is 1.09 bits per heavy atom. The van der Waals surface area contributed by atoms with E-state index in [1.807, 2.05) is 37.3 Å². The van der Waals surface area contributed by atoms with Crippen molar-refractivity contribution >= 4 is 16.7 Å². The van der Waals surface area contributed by atoms with Crippen LogP contribution >= 0.6 is 0 Å². The number of hydrogen-bond donors (Lipinski definition) is 1. The molecule has 23 heavy (non-hydrogen) atoms. The molecule has 1 amide bonds. The third-order valence-electron chi connectivity index (χ3n) is 3.50. The number of carbonyl (C=O) groups excluding carboxylic acids is 1. The van der Waals surface area contributed by atoms with E-state index < -0.39 is 10.8 Å². The first-order valence-electron chi connectivity index (χ1n) is 7.58. The fourth-order valence-corrected chi connectivity index (χ4v) is 3.29. The van der Waals surface area contributed by atoms with Gasteiger partial charge in [-0.25, -0.2) is 0 Å². The fraction of sp³-hybridized carbons (Fsp3) is 0.278. The van der Waals surface area contributed by atoms with Crippen LogP contribution in [0.15, 0.2) is 59.5 Å². The highest BCUT2D eigenvalue weighted by atomic mass is 32.2. The molecule has 1 unspecified atom stereocenters. The maximum Gasteiger partial charge on any atom is 0.255 e. The lowest BCUT2D eigenvalue weighted by atomic mass is 10.1. The van der Waals surface area contributed by atoms with E-state index in [4.69, 9.17) is 0 Å². The molecule has 1 N–H and O–H groups in total. The van der Waals surface area contributed by atoms with Crippen LogP contribution in [0.1, 0.15) is 22.8 Å². The van der Waals surface area contributed by atoms with E-state index in [-0.39, 0.29) is 19.1 Å². The third kappa shape index (κ3) is 4.50. The fourth-order valence-electron chi connectivity index (χ4n) is 2.34. The van der Waals surface area contributed by atoms with Crippen LogP contribution < -0.4 is 0 Å². The maximum absolute atomic E-state index is 12.9. The van der Waals surface area contributed by atoms with E-state index in [0.29, 0.717) is 22.8 Å². The molecule has 0 fully saturated rings. The molecule has 1 atom stereocenters. The molecule has 5 heteroatoms. The number of rotatable bonds is 7. The molecular formula is C18H21NO3S. The van der Waals surface area contributed by atoms with Crippen molar-refractivity contribution in [1.82, 2.24) is 4.90 Å². The Labute approximate surface area is 139 Å². The zero-order chi connectivity index (χ0) is 16.7. The van der Waals surface area contributed by atoms with E-state index in [2.05, 4.69) is 0 Å². The largest absolute Gasteiger partial charge is 0.395 e. The number of carbonyl (C=O) groups is 1. The van der Waals surface area contributed by atoms with Gasteiger partial charge in [0, 0.05) is 18.8 Å². The second-order valence-corrected chi connectivity index (χ2v) is 6.77. The van der Waals surface area contributed by atoms with Crippen LogP contribution in [0, 0.1) is 0 Å². The number of nitrogens with zero attached hydrogens (tertiary/aromatic N) is 1. The summed E-state index contributed by atoms with van der Waals surface area (Å²) in [5, 5.41) is 9.28. The molecule has 0 saturated carbocycles. The van der Waals surface area contributed by atoms with Crippen LogP contribution in [-0.2, 0) is 17.3 Å². The van der Waals surface area contributed by atoms with Gasteiger partial charge in [0.05, 0.1) is 27.9 Å². The lowest BCUT2D eigenvalue weighted by Crippen LogP contribution is -2.33. The maximum atomic E-state index is 12.9. The van der Waals surface area contributed by atoms with Gasteiger partial charge in [0.25, 0.3) is 5.91 Å². The van der Waals surface area contributed by atoms with Crippen LogP contribution in [0.5, 0.6) is 0 Å². The van der Waals surface area contributed by atoms with Crippen molar-refractivity contribution in [2.75, 3.05) is 18.9 Å². The molecule has 0 aliphatic rings.